The number of benzene rings is 2. The zero-order valence-electron chi connectivity index (χ0n) is 15.1. The Morgan fingerprint density at radius 3 is 2.28 bits per heavy atom. The van der Waals surface area contributed by atoms with Crippen molar-refractivity contribution in [2.75, 3.05) is 26.1 Å². The molecule has 0 unspecified atom stereocenters. The molecule has 0 radical (unpaired) electrons. The minimum Gasteiger partial charge on any atom is -0.493 e. The van der Waals surface area contributed by atoms with Crippen LogP contribution in [0.25, 0.3) is 0 Å². The van der Waals surface area contributed by atoms with Crippen LogP contribution in [0.4, 0.5) is 5.69 Å². The Hall–Kier alpha value is -2.53. The zero-order chi connectivity index (χ0) is 18.1. The topological polar surface area (TPSA) is 59.6 Å². The Bertz CT molecular complexity index is 684. The van der Waals surface area contributed by atoms with Crippen molar-refractivity contribution in [1.29, 1.82) is 0 Å². The van der Waals surface area contributed by atoms with Crippen molar-refractivity contribution in [1.82, 2.24) is 5.32 Å². The second kappa shape index (κ2) is 9.69. The first kappa shape index (κ1) is 18.8. The van der Waals surface area contributed by atoms with Gasteiger partial charge in [-0.15, -0.1) is 0 Å². The fraction of sp³-hybridized carbons (Fsp3) is 0.350. The summed E-state index contributed by atoms with van der Waals surface area (Å²) in [5.41, 5.74) is 3.17. The average molecular weight is 342 g/mol. The summed E-state index contributed by atoms with van der Waals surface area (Å²) in [7, 11) is 3.23. The molecule has 0 aliphatic carbocycles. The Balaban J connectivity index is 1.74. The van der Waals surface area contributed by atoms with E-state index in [1.54, 1.807) is 14.2 Å². The van der Waals surface area contributed by atoms with Crippen LogP contribution in [0.15, 0.2) is 42.5 Å². The van der Waals surface area contributed by atoms with Crippen molar-refractivity contribution >= 4 is 11.6 Å². The predicted molar refractivity (Wildman–Crippen MR) is 100 cm³/mol. The molecule has 2 aromatic carbocycles. The third-order valence-corrected chi connectivity index (χ3v) is 3.95. The lowest BCUT2D eigenvalue weighted by Gasteiger charge is -2.10. The first-order valence-electron chi connectivity index (χ1n) is 8.46. The summed E-state index contributed by atoms with van der Waals surface area (Å²) in [5, 5.41) is 6.18. The van der Waals surface area contributed by atoms with Crippen molar-refractivity contribution in [3.63, 3.8) is 0 Å². The molecule has 2 aromatic rings. The van der Waals surface area contributed by atoms with E-state index in [1.807, 2.05) is 42.5 Å². The Labute approximate surface area is 149 Å². The van der Waals surface area contributed by atoms with Gasteiger partial charge >= 0.3 is 0 Å². The van der Waals surface area contributed by atoms with Crippen LogP contribution in [0.2, 0.25) is 0 Å². The average Bonchev–Trinajstić information content (AvgIpc) is 2.65. The maximum Gasteiger partial charge on any atom is 0.225 e. The first-order valence-corrected chi connectivity index (χ1v) is 8.46. The molecule has 0 aliphatic rings. The molecular formula is C20H26N2O3. The van der Waals surface area contributed by atoms with Crippen molar-refractivity contribution in [3.05, 3.63) is 53.6 Å². The number of hydrogen-bond acceptors (Lipinski definition) is 4. The lowest BCUT2D eigenvalue weighted by molar-refractivity contribution is -0.116. The largest absolute Gasteiger partial charge is 0.493 e. The number of hydrogen-bond donors (Lipinski definition) is 2. The Morgan fingerprint density at radius 2 is 1.64 bits per heavy atom. The molecule has 0 atom stereocenters. The van der Waals surface area contributed by atoms with E-state index in [0.717, 1.165) is 17.7 Å². The van der Waals surface area contributed by atoms with E-state index in [2.05, 4.69) is 17.6 Å². The van der Waals surface area contributed by atoms with Gasteiger partial charge in [-0.3, -0.25) is 4.79 Å². The third kappa shape index (κ3) is 5.80. The SMILES string of the molecule is CCc1ccc(NC(=O)CCNCc2ccc(OC)c(OC)c2)cc1. The molecule has 0 heterocycles. The second-order valence-corrected chi connectivity index (χ2v) is 5.71. The van der Waals surface area contributed by atoms with Crippen LogP contribution in [-0.2, 0) is 17.8 Å². The number of ether oxygens (including phenoxy) is 2. The van der Waals surface area contributed by atoms with Gasteiger partial charge in [0.2, 0.25) is 5.91 Å². The molecule has 0 spiro atoms. The number of carbonyl (C=O) groups is 1. The number of carbonyl (C=O) groups excluding carboxylic acids is 1. The lowest BCUT2D eigenvalue weighted by atomic mass is 10.1. The maximum atomic E-state index is 12.0. The molecule has 2 N–H and O–H groups in total. The molecule has 5 heteroatoms. The van der Waals surface area contributed by atoms with Gasteiger partial charge in [-0.2, -0.15) is 0 Å². The quantitative estimate of drug-likeness (QED) is 0.686. The van der Waals surface area contributed by atoms with E-state index in [1.165, 1.54) is 5.56 Å². The molecule has 2 rings (SSSR count). The number of rotatable bonds is 9. The highest BCUT2D eigenvalue weighted by Crippen LogP contribution is 2.27. The zero-order valence-corrected chi connectivity index (χ0v) is 15.1. The van der Waals surface area contributed by atoms with Crippen LogP contribution in [0, 0.1) is 0 Å². The number of aryl methyl sites for hydroxylation is 1. The van der Waals surface area contributed by atoms with Crippen molar-refractivity contribution in [3.8, 4) is 11.5 Å². The van der Waals surface area contributed by atoms with E-state index < -0.39 is 0 Å². The fourth-order valence-corrected chi connectivity index (χ4v) is 2.47. The molecule has 0 bridgehead atoms. The van der Waals surface area contributed by atoms with Crippen molar-refractivity contribution < 1.29 is 14.3 Å². The number of methoxy groups -OCH3 is 2. The fourth-order valence-electron chi connectivity index (χ4n) is 2.47. The summed E-state index contributed by atoms with van der Waals surface area (Å²) < 4.78 is 10.5. The van der Waals surface area contributed by atoms with Crippen molar-refractivity contribution in [2.45, 2.75) is 26.3 Å². The summed E-state index contributed by atoms with van der Waals surface area (Å²) in [4.78, 5) is 12.0. The molecular weight excluding hydrogens is 316 g/mol. The summed E-state index contributed by atoms with van der Waals surface area (Å²) in [6.45, 7) is 3.38. The maximum absolute atomic E-state index is 12.0. The molecule has 0 fully saturated rings. The molecule has 0 aliphatic heterocycles. The van der Waals surface area contributed by atoms with Gasteiger partial charge in [0.15, 0.2) is 11.5 Å². The molecule has 1 amide bonds. The molecule has 134 valence electrons. The van der Waals surface area contributed by atoms with E-state index in [9.17, 15) is 4.79 Å². The first-order chi connectivity index (χ1) is 12.2. The van der Waals surface area contributed by atoms with Crippen LogP contribution < -0.4 is 20.1 Å². The monoisotopic (exact) mass is 342 g/mol. The van der Waals surface area contributed by atoms with E-state index >= 15 is 0 Å². The van der Waals surface area contributed by atoms with Gasteiger partial charge in [0.05, 0.1) is 14.2 Å². The van der Waals surface area contributed by atoms with Crippen molar-refractivity contribution in [2.24, 2.45) is 0 Å². The van der Waals surface area contributed by atoms with Gasteiger partial charge in [-0.05, 0) is 41.8 Å². The van der Waals surface area contributed by atoms with Crippen LogP contribution in [0.1, 0.15) is 24.5 Å². The summed E-state index contributed by atoms with van der Waals surface area (Å²) in [5.74, 6) is 1.42. The summed E-state index contributed by atoms with van der Waals surface area (Å²) in [6.07, 6.45) is 1.41. The van der Waals surface area contributed by atoms with Crippen LogP contribution in [0.5, 0.6) is 11.5 Å². The predicted octanol–water partition coefficient (Wildman–Crippen LogP) is 3.38. The Kier molecular flexibility index (Phi) is 7.29. The molecule has 25 heavy (non-hydrogen) atoms. The summed E-state index contributed by atoms with van der Waals surface area (Å²) in [6, 6.07) is 13.7. The number of amides is 1. The molecule has 0 saturated heterocycles. The summed E-state index contributed by atoms with van der Waals surface area (Å²) >= 11 is 0. The second-order valence-electron chi connectivity index (χ2n) is 5.71. The van der Waals surface area contributed by atoms with Crippen LogP contribution in [0.3, 0.4) is 0 Å². The Morgan fingerprint density at radius 1 is 0.960 bits per heavy atom. The third-order valence-electron chi connectivity index (χ3n) is 3.95. The van der Waals surface area contributed by atoms with Gasteiger partial charge in [0.25, 0.3) is 0 Å². The van der Waals surface area contributed by atoms with Gasteiger partial charge < -0.3 is 20.1 Å². The number of anilines is 1. The van der Waals surface area contributed by atoms with Crippen LogP contribution >= 0.6 is 0 Å². The highest BCUT2D eigenvalue weighted by atomic mass is 16.5. The standard InChI is InChI=1S/C20H26N2O3/c1-4-15-5-8-17(9-6-15)22-20(23)11-12-21-14-16-7-10-18(24-2)19(13-16)25-3/h5-10,13,21H,4,11-12,14H2,1-3H3,(H,22,23). The van der Waals surface area contributed by atoms with E-state index in [0.29, 0.717) is 31.0 Å². The minimum atomic E-state index is 0.00376. The van der Waals surface area contributed by atoms with E-state index in [-0.39, 0.29) is 5.91 Å². The minimum absolute atomic E-state index is 0.00376. The van der Waals surface area contributed by atoms with Gasteiger partial charge in [0.1, 0.15) is 0 Å². The smallest absolute Gasteiger partial charge is 0.225 e. The highest BCUT2D eigenvalue weighted by Gasteiger charge is 2.05. The molecule has 0 aromatic heterocycles. The van der Waals surface area contributed by atoms with Gasteiger partial charge in [-0.25, -0.2) is 0 Å². The van der Waals surface area contributed by atoms with E-state index in [4.69, 9.17) is 9.47 Å². The normalized spacial score (nSPS) is 10.4. The molecule has 5 nitrogen and oxygen atoms in total. The lowest BCUT2D eigenvalue weighted by Crippen LogP contribution is -2.21. The number of nitrogens with one attached hydrogen (secondary N) is 2. The molecule has 0 saturated carbocycles. The highest BCUT2D eigenvalue weighted by molar-refractivity contribution is 5.90. The van der Waals surface area contributed by atoms with Crippen LogP contribution in [-0.4, -0.2) is 26.7 Å². The van der Waals surface area contributed by atoms with Gasteiger partial charge in [-0.1, -0.05) is 25.1 Å². The van der Waals surface area contributed by atoms with Gasteiger partial charge in [0, 0.05) is 25.2 Å².